The summed E-state index contributed by atoms with van der Waals surface area (Å²) in [5.74, 6) is 0.353. The molecule has 0 spiro atoms. The number of primary amides is 1. The molecule has 0 unspecified atom stereocenters. The molecule has 5 nitrogen and oxygen atoms in total. The number of amides is 2. The predicted octanol–water partition coefficient (Wildman–Crippen LogP) is 4.02. The lowest BCUT2D eigenvalue weighted by atomic mass is 9.79. The first-order chi connectivity index (χ1) is 15.5. The maximum absolute atomic E-state index is 12.7. The number of hydrogen-bond donors (Lipinski definition) is 2. The van der Waals surface area contributed by atoms with Gasteiger partial charge in [0.05, 0.1) is 6.42 Å². The summed E-state index contributed by atoms with van der Waals surface area (Å²) in [7, 11) is 3.88. The topological polar surface area (TPSA) is 75.4 Å². The van der Waals surface area contributed by atoms with Crippen molar-refractivity contribution in [2.45, 2.75) is 57.0 Å². The first-order valence-corrected chi connectivity index (χ1v) is 11.5. The highest BCUT2D eigenvalue weighted by atomic mass is 16.2. The summed E-state index contributed by atoms with van der Waals surface area (Å²) < 4.78 is 0. The third-order valence-corrected chi connectivity index (χ3v) is 6.43. The first-order valence-electron chi connectivity index (χ1n) is 11.5. The Balaban J connectivity index is 1.56. The number of nitrogens with zero attached hydrogens (tertiary/aromatic N) is 1. The Bertz CT molecular complexity index is 931. The maximum Gasteiger partial charge on any atom is 0.226 e. The predicted molar refractivity (Wildman–Crippen MR) is 130 cm³/mol. The van der Waals surface area contributed by atoms with Crippen LogP contribution in [0.25, 0.3) is 6.08 Å². The van der Waals surface area contributed by atoms with Crippen molar-refractivity contribution < 1.29 is 9.59 Å². The number of carbonyl (C=O) groups excluding carboxylic acids is 2. The van der Waals surface area contributed by atoms with Gasteiger partial charge in [-0.3, -0.25) is 9.59 Å². The molecule has 0 bridgehead atoms. The molecule has 1 aliphatic rings. The highest BCUT2D eigenvalue weighted by Gasteiger charge is 2.28. The lowest BCUT2D eigenvalue weighted by molar-refractivity contribution is -0.131. The Morgan fingerprint density at radius 1 is 1.09 bits per heavy atom. The van der Waals surface area contributed by atoms with Gasteiger partial charge >= 0.3 is 0 Å². The Morgan fingerprint density at radius 3 is 2.47 bits per heavy atom. The Hall–Kier alpha value is -2.92. The zero-order valence-corrected chi connectivity index (χ0v) is 19.2. The molecule has 0 saturated heterocycles. The lowest BCUT2D eigenvalue weighted by Crippen LogP contribution is -2.39. The van der Waals surface area contributed by atoms with Gasteiger partial charge in [0.15, 0.2) is 0 Å². The van der Waals surface area contributed by atoms with Crippen LogP contribution in [0, 0.1) is 0 Å². The molecule has 0 atom stereocenters. The van der Waals surface area contributed by atoms with Gasteiger partial charge in [-0.25, -0.2) is 0 Å². The number of nitrogens with two attached hydrogens (primary N) is 1. The van der Waals surface area contributed by atoms with Crippen LogP contribution in [-0.4, -0.2) is 36.9 Å². The molecule has 1 saturated carbocycles. The standard InChI is InChI=1S/C27H35N3O2/c1-29-19-23-17-21(18-26(28)31)11-16-25(23)22-12-14-24(15-13-22)30(2)27(32)10-6-9-20-7-4-3-5-8-20/h3-9,11,16-17,22,24,29H,10,12-15,18-19H2,1-2H3,(H2,28,31). The Kier molecular flexibility index (Phi) is 8.63. The van der Waals surface area contributed by atoms with Crippen molar-refractivity contribution in [3.05, 3.63) is 76.9 Å². The van der Waals surface area contributed by atoms with Gasteiger partial charge in [0.2, 0.25) is 11.8 Å². The minimum atomic E-state index is -0.306. The summed E-state index contributed by atoms with van der Waals surface area (Å²) >= 11 is 0. The van der Waals surface area contributed by atoms with E-state index in [4.69, 9.17) is 5.73 Å². The largest absolute Gasteiger partial charge is 0.369 e. The molecule has 32 heavy (non-hydrogen) atoms. The molecule has 3 rings (SSSR count). The van der Waals surface area contributed by atoms with Crippen LogP contribution in [0.2, 0.25) is 0 Å². The zero-order valence-electron chi connectivity index (χ0n) is 19.2. The van der Waals surface area contributed by atoms with E-state index in [2.05, 4.69) is 17.4 Å². The summed E-state index contributed by atoms with van der Waals surface area (Å²) in [4.78, 5) is 25.9. The lowest BCUT2D eigenvalue weighted by Gasteiger charge is -2.35. The van der Waals surface area contributed by atoms with Gasteiger partial charge in [-0.05, 0) is 60.9 Å². The second-order valence-electron chi connectivity index (χ2n) is 8.73. The molecule has 1 aliphatic carbocycles. The van der Waals surface area contributed by atoms with Crippen LogP contribution in [0.15, 0.2) is 54.6 Å². The number of carbonyl (C=O) groups is 2. The molecular weight excluding hydrogens is 398 g/mol. The highest BCUT2D eigenvalue weighted by molar-refractivity contribution is 5.79. The summed E-state index contributed by atoms with van der Waals surface area (Å²) in [6.45, 7) is 0.772. The average molecular weight is 434 g/mol. The molecule has 2 aromatic rings. The molecule has 0 radical (unpaired) electrons. The fourth-order valence-corrected chi connectivity index (χ4v) is 4.69. The van der Waals surface area contributed by atoms with E-state index in [0.717, 1.165) is 43.4 Å². The molecule has 170 valence electrons. The molecule has 3 N–H and O–H groups in total. The van der Waals surface area contributed by atoms with Crippen molar-refractivity contribution in [2.24, 2.45) is 5.73 Å². The van der Waals surface area contributed by atoms with Gasteiger partial charge in [0, 0.05) is 26.1 Å². The SMILES string of the molecule is CNCc1cc(CC(N)=O)ccc1C1CCC(N(C)C(=O)CC=Cc2ccccc2)CC1. The molecule has 1 fully saturated rings. The zero-order chi connectivity index (χ0) is 22.9. The Morgan fingerprint density at radius 2 is 1.81 bits per heavy atom. The molecule has 0 heterocycles. The van der Waals surface area contributed by atoms with Crippen LogP contribution in [0.1, 0.15) is 60.3 Å². The van der Waals surface area contributed by atoms with Gasteiger partial charge in [0.25, 0.3) is 0 Å². The minimum absolute atomic E-state index is 0.173. The van der Waals surface area contributed by atoms with Crippen LogP contribution < -0.4 is 11.1 Å². The van der Waals surface area contributed by atoms with Gasteiger partial charge in [-0.2, -0.15) is 0 Å². The summed E-state index contributed by atoms with van der Waals surface area (Å²) in [6.07, 6.45) is 8.82. The normalized spacial score (nSPS) is 18.6. The van der Waals surface area contributed by atoms with E-state index in [1.54, 1.807) is 0 Å². The van der Waals surface area contributed by atoms with Gasteiger partial charge in [0.1, 0.15) is 0 Å². The summed E-state index contributed by atoms with van der Waals surface area (Å²) in [5.41, 5.74) is 10.0. The Labute approximate surface area is 191 Å². The fraction of sp³-hybridized carbons (Fsp3) is 0.407. The van der Waals surface area contributed by atoms with Crippen LogP contribution in [0.5, 0.6) is 0 Å². The van der Waals surface area contributed by atoms with Crippen molar-refractivity contribution in [1.29, 1.82) is 0 Å². The van der Waals surface area contributed by atoms with Gasteiger partial charge in [-0.1, -0.05) is 60.7 Å². The van der Waals surface area contributed by atoms with E-state index >= 15 is 0 Å². The number of benzene rings is 2. The van der Waals surface area contributed by atoms with E-state index in [-0.39, 0.29) is 18.2 Å². The van der Waals surface area contributed by atoms with E-state index < -0.39 is 0 Å². The second kappa shape index (κ2) is 11.6. The highest BCUT2D eigenvalue weighted by Crippen LogP contribution is 2.36. The average Bonchev–Trinajstić information content (AvgIpc) is 2.79. The van der Waals surface area contributed by atoms with E-state index in [9.17, 15) is 9.59 Å². The van der Waals surface area contributed by atoms with Gasteiger partial charge < -0.3 is 16.0 Å². The van der Waals surface area contributed by atoms with Crippen LogP contribution in [0.3, 0.4) is 0 Å². The third-order valence-electron chi connectivity index (χ3n) is 6.43. The number of nitrogens with one attached hydrogen (secondary N) is 1. The first kappa shape index (κ1) is 23.7. The van der Waals surface area contributed by atoms with Crippen LogP contribution in [0.4, 0.5) is 0 Å². The van der Waals surface area contributed by atoms with Crippen molar-refractivity contribution in [3.8, 4) is 0 Å². The van der Waals surface area contributed by atoms with E-state index in [0.29, 0.717) is 18.4 Å². The van der Waals surface area contributed by atoms with Crippen molar-refractivity contribution in [3.63, 3.8) is 0 Å². The van der Waals surface area contributed by atoms with Crippen molar-refractivity contribution in [1.82, 2.24) is 10.2 Å². The fourth-order valence-electron chi connectivity index (χ4n) is 4.69. The summed E-state index contributed by atoms with van der Waals surface area (Å²) in [5, 5.41) is 3.24. The molecule has 0 aliphatic heterocycles. The van der Waals surface area contributed by atoms with Crippen molar-refractivity contribution >= 4 is 17.9 Å². The molecule has 0 aromatic heterocycles. The maximum atomic E-state index is 12.7. The van der Waals surface area contributed by atoms with E-state index in [1.165, 1.54) is 11.1 Å². The molecule has 5 heteroatoms. The quantitative estimate of drug-likeness (QED) is 0.627. The minimum Gasteiger partial charge on any atom is -0.369 e. The second-order valence-corrected chi connectivity index (χ2v) is 8.73. The van der Waals surface area contributed by atoms with Crippen LogP contribution >= 0.6 is 0 Å². The molecular formula is C27H35N3O2. The van der Waals surface area contributed by atoms with E-state index in [1.807, 2.05) is 67.5 Å². The van der Waals surface area contributed by atoms with Crippen LogP contribution in [-0.2, 0) is 22.6 Å². The molecule has 2 aromatic carbocycles. The van der Waals surface area contributed by atoms with Crippen molar-refractivity contribution in [2.75, 3.05) is 14.1 Å². The monoisotopic (exact) mass is 433 g/mol. The smallest absolute Gasteiger partial charge is 0.226 e. The number of rotatable bonds is 9. The summed E-state index contributed by atoms with van der Waals surface area (Å²) in [6, 6.07) is 16.7. The number of hydrogen-bond acceptors (Lipinski definition) is 3. The van der Waals surface area contributed by atoms with Gasteiger partial charge in [-0.15, -0.1) is 0 Å². The third kappa shape index (κ3) is 6.54. The molecule has 2 amide bonds.